The first-order valence-corrected chi connectivity index (χ1v) is 15.9. The van der Waals surface area contributed by atoms with Crippen molar-refractivity contribution in [2.45, 2.75) is 39.0 Å². The van der Waals surface area contributed by atoms with Crippen LogP contribution in [-0.2, 0) is 25.7 Å². The third-order valence-electron chi connectivity index (χ3n) is 9.97. The maximum atomic E-state index is 4.32. The number of fused-ring (bicyclic) bond motifs is 6. The molecule has 2 nitrogen and oxygen atoms in total. The summed E-state index contributed by atoms with van der Waals surface area (Å²) in [6.07, 6.45) is 22.8. The molecule has 0 fully saturated rings. The van der Waals surface area contributed by atoms with Crippen LogP contribution < -0.4 is 0 Å². The Bertz CT molecular complexity index is 2310. The molecule has 0 aliphatic heterocycles. The summed E-state index contributed by atoms with van der Waals surface area (Å²) in [5.74, 6) is 0. The molecule has 212 valence electrons. The number of hydrogen-bond donors (Lipinski definition) is 0. The second kappa shape index (κ2) is 9.72. The predicted molar refractivity (Wildman–Crippen MR) is 188 cm³/mol. The van der Waals surface area contributed by atoms with E-state index in [4.69, 9.17) is 0 Å². The van der Waals surface area contributed by atoms with Gasteiger partial charge in [-0.05, 0) is 115 Å². The number of allylic oxidation sites excluding steroid dienone is 7. The molecular weight excluding hydrogens is 532 g/mol. The van der Waals surface area contributed by atoms with Crippen molar-refractivity contribution in [3.63, 3.8) is 0 Å². The van der Waals surface area contributed by atoms with Gasteiger partial charge in [0.25, 0.3) is 0 Å². The van der Waals surface area contributed by atoms with Crippen LogP contribution in [0.15, 0.2) is 110 Å². The lowest BCUT2D eigenvalue weighted by atomic mass is 9.74. The highest BCUT2D eigenvalue weighted by Gasteiger charge is 2.33. The Kier molecular flexibility index (Phi) is 5.62. The Morgan fingerprint density at radius 1 is 0.727 bits per heavy atom. The Labute approximate surface area is 258 Å². The molecule has 9 rings (SSSR count). The number of hydrogen-bond acceptors (Lipinski definition) is 0. The first-order valence-electron chi connectivity index (χ1n) is 15.9. The summed E-state index contributed by atoms with van der Waals surface area (Å²) in [6.45, 7) is 6.44. The SMILES string of the molecule is C=Cc1c(/C=C\C)c2cc3c4c(c2n1C1=CCC=CC=C1)CCc1cc2c5ccccc5n(-c5ccccc5)c2c(c1-4)CC3. The number of benzene rings is 4. The van der Waals surface area contributed by atoms with Crippen LogP contribution in [0.3, 0.4) is 0 Å². The number of aromatic nitrogens is 2. The monoisotopic (exact) mass is 566 g/mol. The molecule has 44 heavy (non-hydrogen) atoms. The van der Waals surface area contributed by atoms with Gasteiger partial charge in [0.15, 0.2) is 0 Å². The van der Waals surface area contributed by atoms with Crippen molar-refractivity contribution >= 4 is 50.6 Å². The fourth-order valence-corrected chi connectivity index (χ4v) is 8.31. The molecule has 4 aromatic carbocycles. The summed E-state index contributed by atoms with van der Waals surface area (Å²) >= 11 is 0. The summed E-state index contributed by atoms with van der Waals surface area (Å²) in [6, 6.07) is 24.9. The Hall–Kier alpha value is -5.08. The van der Waals surface area contributed by atoms with E-state index in [0.29, 0.717) is 0 Å². The van der Waals surface area contributed by atoms with Gasteiger partial charge in [0.05, 0.1) is 22.2 Å². The van der Waals surface area contributed by atoms with Gasteiger partial charge in [-0.1, -0.05) is 79.4 Å². The smallest absolute Gasteiger partial charge is 0.0579 e. The van der Waals surface area contributed by atoms with Crippen LogP contribution in [-0.4, -0.2) is 9.13 Å². The lowest BCUT2D eigenvalue weighted by Gasteiger charge is -2.31. The van der Waals surface area contributed by atoms with E-state index in [-0.39, 0.29) is 0 Å². The largest absolute Gasteiger partial charge is 0.309 e. The van der Waals surface area contributed by atoms with Gasteiger partial charge in [-0.3, -0.25) is 0 Å². The van der Waals surface area contributed by atoms with E-state index in [0.717, 1.165) is 32.1 Å². The standard InChI is InChI=1S/C42H34N2/c1-3-14-31-35-25-27-22-24-34-40-28(26-36-32-19-12-13-20-38(32)44(42(34)36)30-17-10-7-11-18-30)21-23-33(39(27)40)41(35)43(37(31)4-2)29-15-8-5-6-9-16-29/h3-8,10-20,25-26H,2,9,21-24H2,1H3/b14-3-. The van der Waals surface area contributed by atoms with Gasteiger partial charge in [-0.25, -0.2) is 0 Å². The van der Waals surface area contributed by atoms with Crippen molar-refractivity contribution < 1.29 is 0 Å². The number of rotatable bonds is 4. The van der Waals surface area contributed by atoms with Crippen molar-refractivity contribution in [1.29, 1.82) is 0 Å². The average Bonchev–Trinajstić information content (AvgIpc) is 3.41. The van der Waals surface area contributed by atoms with E-state index < -0.39 is 0 Å². The van der Waals surface area contributed by atoms with Crippen LogP contribution in [0.2, 0.25) is 0 Å². The zero-order valence-electron chi connectivity index (χ0n) is 25.1. The van der Waals surface area contributed by atoms with Crippen molar-refractivity contribution in [2.24, 2.45) is 0 Å². The average molecular weight is 567 g/mol. The van der Waals surface area contributed by atoms with Crippen molar-refractivity contribution in [3.05, 3.63) is 143 Å². The van der Waals surface area contributed by atoms with E-state index >= 15 is 0 Å². The number of para-hydroxylation sites is 2. The Balaban J connectivity index is 1.42. The summed E-state index contributed by atoms with van der Waals surface area (Å²) in [7, 11) is 0. The summed E-state index contributed by atoms with van der Waals surface area (Å²) in [4.78, 5) is 0. The highest BCUT2D eigenvalue weighted by Crippen LogP contribution is 2.51. The minimum absolute atomic E-state index is 0.923. The zero-order chi connectivity index (χ0) is 29.4. The van der Waals surface area contributed by atoms with Gasteiger partial charge < -0.3 is 9.13 Å². The topological polar surface area (TPSA) is 9.86 Å². The van der Waals surface area contributed by atoms with E-state index in [1.165, 1.54) is 88.7 Å². The van der Waals surface area contributed by atoms with E-state index in [1.807, 2.05) is 0 Å². The molecule has 0 saturated heterocycles. The fourth-order valence-electron chi connectivity index (χ4n) is 8.31. The van der Waals surface area contributed by atoms with E-state index in [2.05, 4.69) is 138 Å². The molecule has 0 amide bonds. The molecule has 0 unspecified atom stereocenters. The van der Waals surface area contributed by atoms with Crippen LogP contribution in [0.4, 0.5) is 0 Å². The van der Waals surface area contributed by atoms with Gasteiger partial charge in [-0.2, -0.15) is 0 Å². The molecule has 2 heteroatoms. The van der Waals surface area contributed by atoms with Crippen molar-refractivity contribution in [3.8, 4) is 16.8 Å². The van der Waals surface area contributed by atoms with Gasteiger partial charge in [-0.15, -0.1) is 0 Å². The van der Waals surface area contributed by atoms with Gasteiger partial charge >= 0.3 is 0 Å². The van der Waals surface area contributed by atoms with Crippen LogP contribution in [0, 0.1) is 0 Å². The lowest BCUT2D eigenvalue weighted by Crippen LogP contribution is -2.16. The molecule has 0 saturated carbocycles. The molecule has 0 bridgehead atoms. The van der Waals surface area contributed by atoms with Gasteiger partial charge in [0.1, 0.15) is 0 Å². The Morgan fingerprint density at radius 2 is 1.43 bits per heavy atom. The van der Waals surface area contributed by atoms with Crippen LogP contribution >= 0.6 is 0 Å². The summed E-state index contributed by atoms with van der Waals surface area (Å²) in [5.41, 5.74) is 17.9. The molecule has 0 N–H and O–H groups in total. The molecular formula is C42H34N2. The molecule has 0 radical (unpaired) electrons. The minimum atomic E-state index is 0.923. The van der Waals surface area contributed by atoms with Crippen molar-refractivity contribution in [1.82, 2.24) is 9.13 Å². The molecule has 0 spiro atoms. The number of aryl methyl sites for hydroxylation is 4. The second-order valence-corrected chi connectivity index (χ2v) is 12.2. The summed E-state index contributed by atoms with van der Waals surface area (Å²) < 4.78 is 5.02. The molecule has 6 aromatic rings. The highest BCUT2D eigenvalue weighted by molar-refractivity contribution is 6.14. The molecule has 3 aliphatic carbocycles. The van der Waals surface area contributed by atoms with Crippen LogP contribution in [0.5, 0.6) is 0 Å². The molecule has 3 aliphatic rings. The zero-order valence-corrected chi connectivity index (χ0v) is 25.1. The third-order valence-corrected chi connectivity index (χ3v) is 9.97. The fraction of sp³-hybridized carbons (Fsp3) is 0.143. The molecule has 0 atom stereocenters. The summed E-state index contributed by atoms with van der Waals surface area (Å²) in [5, 5.41) is 4.09. The van der Waals surface area contributed by atoms with Gasteiger partial charge in [0, 0.05) is 33.1 Å². The van der Waals surface area contributed by atoms with Gasteiger partial charge in [0.2, 0.25) is 0 Å². The predicted octanol–water partition coefficient (Wildman–Crippen LogP) is 10.6. The Morgan fingerprint density at radius 3 is 2.18 bits per heavy atom. The van der Waals surface area contributed by atoms with E-state index in [9.17, 15) is 0 Å². The van der Waals surface area contributed by atoms with Crippen LogP contribution in [0.25, 0.3) is 67.4 Å². The number of nitrogens with zero attached hydrogens (tertiary/aromatic N) is 2. The first kappa shape index (κ1) is 25.4. The van der Waals surface area contributed by atoms with Crippen LogP contribution in [0.1, 0.15) is 46.9 Å². The lowest BCUT2D eigenvalue weighted by molar-refractivity contribution is 0.883. The maximum Gasteiger partial charge on any atom is 0.0579 e. The first-order chi connectivity index (χ1) is 21.8. The third kappa shape index (κ3) is 3.43. The molecule has 2 heterocycles. The quantitative estimate of drug-likeness (QED) is 0.201. The highest BCUT2D eigenvalue weighted by atomic mass is 15.0. The van der Waals surface area contributed by atoms with E-state index in [1.54, 1.807) is 0 Å². The molecule has 2 aromatic heterocycles. The second-order valence-electron chi connectivity index (χ2n) is 12.2. The maximum absolute atomic E-state index is 4.32. The van der Waals surface area contributed by atoms with Crippen molar-refractivity contribution in [2.75, 3.05) is 0 Å². The normalized spacial score (nSPS) is 15.3. The minimum Gasteiger partial charge on any atom is -0.309 e.